The molecule has 218 valence electrons. The van der Waals surface area contributed by atoms with E-state index in [-0.39, 0.29) is 48.8 Å². The van der Waals surface area contributed by atoms with Crippen LogP contribution < -0.4 is 0 Å². The second kappa shape index (κ2) is 13.4. The number of benzene rings is 3. The molecule has 1 aliphatic heterocycles. The van der Waals surface area contributed by atoms with Crippen LogP contribution in [0.15, 0.2) is 71.7 Å². The zero-order valence-electron chi connectivity index (χ0n) is 23.6. The van der Waals surface area contributed by atoms with Crippen LogP contribution in [-0.4, -0.2) is 38.3 Å². The molecule has 0 N–H and O–H groups in total. The number of aliphatic imine (C=N–C) groups is 1. The fourth-order valence-electron chi connectivity index (χ4n) is 4.59. The van der Waals surface area contributed by atoms with Crippen molar-refractivity contribution < 1.29 is 42.2 Å². The van der Waals surface area contributed by atoms with Crippen molar-refractivity contribution in [1.29, 1.82) is 0 Å². The van der Waals surface area contributed by atoms with Crippen molar-refractivity contribution in [3.8, 4) is 28.2 Å². The third kappa shape index (κ3) is 7.21. The van der Waals surface area contributed by atoms with Gasteiger partial charge in [-0.25, -0.2) is 9.57 Å². The van der Waals surface area contributed by atoms with E-state index in [1.807, 2.05) is 37.7 Å². The smallest absolute Gasteiger partial charge is 0.345 e. The molecule has 0 saturated heterocycles. The number of rotatable bonds is 4. The summed E-state index contributed by atoms with van der Waals surface area (Å²) in [5.41, 5.74) is 5.44. The first-order valence-corrected chi connectivity index (χ1v) is 13.0. The molecule has 0 spiro atoms. The maximum Gasteiger partial charge on any atom is 3.00 e. The molecule has 6 rings (SSSR count). The fourth-order valence-corrected chi connectivity index (χ4v) is 4.59. The van der Waals surface area contributed by atoms with Crippen molar-refractivity contribution in [1.82, 2.24) is 14.8 Å². The standard InChI is InChI=1S/C17H7F4N.C16H18N4.Ir/c18-10-4-6-12(14(20)8-10)16-2-1-3-17(22-16)13-7-5-11(19)9-15(13)21;1-11-8-13(3)20(18-11)15-7-5-6-14(9-15)16-17-12(2)10-19(16)4;/h1-5,8-9H;5-8,10,16H,1-4H3;/q-2;;+3. The molecule has 2 aromatic heterocycles. The number of aromatic nitrogens is 3. The Balaban J connectivity index is 0.000000193. The molecule has 5 nitrogen and oxygen atoms in total. The first-order valence-electron chi connectivity index (χ1n) is 13.0. The van der Waals surface area contributed by atoms with E-state index in [1.165, 1.54) is 18.2 Å². The number of pyridine rings is 1. The molecule has 10 heteroatoms. The average molecular weight is 760 g/mol. The van der Waals surface area contributed by atoms with E-state index in [0.717, 1.165) is 40.5 Å². The summed E-state index contributed by atoms with van der Waals surface area (Å²) in [6.45, 7) is 6.07. The first kappa shape index (κ1) is 31.7. The van der Waals surface area contributed by atoms with E-state index in [0.29, 0.717) is 12.1 Å². The molecule has 43 heavy (non-hydrogen) atoms. The van der Waals surface area contributed by atoms with Crippen LogP contribution in [0.1, 0.15) is 30.0 Å². The van der Waals surface area contributed by atoms with Gasteiger partial charge in [0.25, 0.3) is 0 Å². The Hall–Kier alpha value is -4.27. The third-order valence-electron chi connectivity index (χ3n) is 6.40. The van der Waals surface area contributed by atoms with Crippen molar-refractivity contribution in [2.45, 2.75) is 26.9 Å². The van der Waals surface area contributed by atoms with Crippen LogP contribution in [0.5, 0.6) is 0 Å². The molecule has 1 atom stereocenters. The summed E-state index contributed by atoms with van der Waals surface area (Å²) in [6.07, 6.45) is 2.07. The molecule has 5 aromatic rings. The van der Waals surface area contributed by atoms with Crippen molar-refractivity contribution in [3.05, 3.63) is 125 Å². The third-order valence-corrected chi connectivity index (χ3v) is 6.40. The largest absolute Gasteiger partial charge is 3.00 e. The van der Waals surface area contributed by atoms with Crippen molar-refractivity contribution in [3.63, 3.8) is 0 Å². The van der Waals surface area contributed by atoms with E-state index in [1.54, 1.807) is 0 Å². The number of aryl methyl sites for hydroxylation is 2. The molecule has 0 saturated carbocycles. The molecular weight excluding hydrogens is 735 g/mol. The van der Waals surface area contributed by atoms with E-state index in [2.05, 4.69) is 63.1 Å². The molecule has 0 bridgehead atoms. The summed E-state index contributed by atoms with van der Waals surface area (Å²) in [4.78, 5) is 8.74. The Morgan fingerprint density at radius 3 is 1.88 bits per heavy atom. The Labute approximate surface area is 260 Å². The first-order chi connectivity index (χ1) is 20.1. The average Bonchev–Trinajstić information content (AvgIpc) is 3.48. The summed E-state index contributed by atoms with van der Waals surface area (Å²) in [7, 11) is 2.04. The second-order valence-electron chi connectivity index (χ2n) is 9.76. The van der Waals surface area contributed by atoms with Crippen molar-refractivity contribution in [2.75, 3.05) is 7.05 Å². The van der Waals surface area contributed by atoms with Crippen LogP contribution >= 0.6 is 0 Å². The van der Waals surface area contributed by atoms with Crippen molar-refractivity contribution in [2.24, 2.45) is 4.99 Å². The van der Waals surface area contributed by atoms with Gasteiger partial charge in [-0.15, -0.1) is 36.4 Å². The number of hydrogen-bond acceptors (Lipinski definition) is 3. The number of halogens is 4. The SMILES string of the molecule is CC1=NC(c2[c-]c(-n3nc(C)cc3C)ccc2)[N+](C)=C1.Fc1c[c-]c(-c2cccc(-c3[c-]cc(F)cc3F)n2)c(F)c1.[Ir+3]. The van der Waals surface area contributed by atoms with E-state index < -0.39 is 23.3 Å². The molecule has 3 aromatic carbocycles. The molecule has 0 radical (unpaired) electrons. The van der Waals surface area contributed by atoms with Gasteiger partial charge in [-0.05, 0) is 43.9 Å². The quantitative estimate of drug-likeness (QED) is 0.112. The van der Waals surface area contributed by atoms with Crippen molar-refractivity contribution >= 4 is 11.9 Å². The van der Waals surface area contributed by atoms with E-state index in [9.17, 15) is 17.6 Å². The minimum absolute atomic E-state index is 0. The summed E-state index contributed by atoms with van der Waals surface area (Å²) < 4.78 is 57.4. The molecule has 1 aliphatic rings. The predicted octanol–water partition coefficient (Wildman–Crippen LogP) is 7.05. The maximum absolute atomic E-state index is 13.8. The topological polar surface area (TPSA) is 46.1 Å². The minimum Gasteiger partial charge on any atom is -0.345 e. The van der Waals surface area contributed by atoms with Crippen LogP contribution in [0.3, 0.4) is 0 Å². The summed E-state index contributed by atoms with van der Waals surface area (Å²) >= 11 is 0. The Kier molecular flexibility index (Phi) is 9.83. The molecular formula is C33H25F4IrN5+. The summed E-state index contributed by atoms with van der Waals surface area (Å²) in [6, 6.07) is 24.4. The van der Waals surface area contributed by atoms with Gasteiger partial charge in [0.1, 0.15) is 12.8 Å². The second-order valence-corrected chi connectivity index (χ2v) is 9.76. The van der Waals surface area contributed by atoms with Gasteiger partial charge in [0, 0.05) is 29.0 Å². The van der Waals surface area contributed by atoms with Crippen LogP contribution in [0.25, 0.3) is 28.2 Å². The van der Waals surface area contributed by atoms with Crippen LogP contribution in [-0.2, 0) is 20.1 Å². The van der Waals surface area contributed by atoms with Crippen LogP contribution in [0.4, 0.5) is 17.6 Å². The van der Waals surface area contributed by atoms with Crippen LogP contribution in [0, 0.1) is 55.3 Å². The maximum atomic E-state index is 13.8. The molecule has 0 amide bonds. The monoisotopic (exact) mass is 760 g/mol. The van der Waals surface area contributed by atoms with Gasteiger partial charge in [-0.1, -0.05) is 47.0 Å². The molecule has 3 heterocycles. The summed E-state index contributed by atoms with van der Waals surface area (Å²) in [5, 5.41) is 4.51. The Morgan fingerprint density at radius 2 is 1.40 bits per heavy atom. The molecule has 1 unspecified atom stereocenters. The zero-order chi connectivity index (χ0) is 30.0. The van der Waals surface area contributed by atoms with E-state index >= 15 is 0 Å². The molecule has 0 fully saturated rings. The van der Waals surface area contributed by atoms with Gasteiger partial charge in [0.05, 0.1) is 5.69 Å². The normalized spacial score (nSPS) is 13.9. The fraction of sp³-hybridized carbons (Fsp3) is 0.152. The van der Waals surface area contributed by atoms with Gasteiger partial charge >= 0.3 is 20.1 Å². The van der Waals surface area contributed by atoms with E-state index in [4.69, 9.17) is 0 Å². The van der Waals surface area contributed by atoms with Gasteiger partial charge in [0.2, 0.25) is 6.17 Å². The van der Waals surface area contributed by atoms with Crippen LogP contribution in [0.2, 0.25) is 0 Å². The Bertz CT molecular complexity index is 1780. The zero-order valence-corrected chi connectivity index (χ0v) is 26.0. The van der Waals surface area contributed by atoms with Gasteiger partial charge in [-0.2, -0.15) is 17.2 Å². The summed E-state index contributed by atoms with van der Waals surface area (Å²) in [5.74, 6) is -3.16. The minimum atomic E-state index is -0.826. The number of nitrogens with zero attached hydrogens (tertiary/aromatic N) is 5. The predicted molar refractivity (Wildman–Crippen MR) is 153 cm³/mol. The number of hydrogen-bond donors (Lipinski definition) is 0. The molecule has 0 aliphatic carbocycles. The van der Waals surface area contributed by atoms with Gasteiger partial charge in [0.15, 0.2) is 6.21 Å². The Morgan fingerprint density at radius 1 is 0.814 bits per heavy atom. The van der Waals surface area contributed by atoms with Gasteiger partial charge in [-0.3, -0.25) is 22.2 Å². The van der Waals surface area contributed by atoms with Gasteiger partial charge < -0.3 is 4.98 Å².